The van der Waals surface area contributed by atoms with E-state index in [-0.39, 0.29) is 36.7 Å². The third-order valence-corrected chi connectivity index (χ3v) is 10.5. The fourth-order valence-corrected chi connectivity index (χ4v) is 6.82. The molecule has 9 nitrogen and oxygen atoms in total. The highest BCUT2D eigenvalue weighted by Gasteiger charge is 2.39. The van der Waals surface area contributed by atoms with Crippen LogP contribution in [0.5, 0.6) is 5.75 Å². The van der Waals surface area contributed by atoms with Crippen LogP contribution in [0.2, 0.25) is 0 Å². The number of benzene rings is 2. The van der Waals surface area contributed by atoms with Crippen LogP contribution >= 0.6 is 11.3 Å². The number of ether oxygens (including phenoxy) is 1. The zero-order valence-electron chi connectivity index (χ0n) is 29.7. The lowest BCUT2D eigenvalue weighted by molar-refractivity contribution is -0.153. The van der Waals surface area contributed by atoms with Crippen LogP contribution in [-0.4, -0.2) is 63.5 Å². The number of likely N-dealkylation sites (tertiary alicyclic amines) is 1. The summed E-state index contributed by atoms with van der Waals surface area (Å²) in [5.41, 5.74) is 4.58. The number of carboxylic acids is 1. The van der Waals surface area contributed by atoms with E-state index in [0.29, 0.717) is 10.7 Å². The van der Waals surface area contributed by atoms with E-state index in [4.69, 9.17) is 4.74 Å². The summed E-state index contributed by atoms with van der Waals surface area (Å²) in [6.45, 7) is 11.5. The number of nitrogens with one attached hydrogen (secondary N) is 1. The van der Waals surface area contributed by atoms with Gasteiger partial charge in [-0.3, -0.25) is 14.4 Å². The first-order chi connectivity index (χ1) is 23.9. The summed E-state index contributed by atoms with van der Waals surface area (Å²) in [5, 5.41) is 12.2. The van der Waals surface area contributed by atoms with Crippen LogP contribution in [0, 0.1) is 12.8 Å². The largest absolute Gasteiger partial charge is 0.493 e. The van der Waals surface area contributed by atoms with Gasteiger partial charge in [-0.25, -0.2) is 9.97 Å². The lowest BCUT2D eigenvalue weighted by Gasteiger charge is -2.38. The molecule has 264 valence electrons. The number of hydrogen-bond donors (Lipinski definition) is 2. The second-order valence-corrected chi connectivity index (χ2v) is 15.2. The minimum absolute atomic E-state index is 0.0968. The predicted molar refractivity (Wildman–Crippen MR) is 198 cm³/mol. The first-order valence-corrected chi connectivity index (χ1v) is 18.3. The van der Waals surface area contributed by atoms with Crippen molar-refractivity contribution in [1.29, 1.82) is 0 Å². The van der Waals surface area contributed by atoms with Gasteiger partial charge in [-0.2, -0.15) is 0 Å². The molecule has 0 radical (unpaired) electrons. The molecule has 4 aromatic rings. The molecule has 2 N–H and O–H groups in total. The van der Waals surface area contributed by atoms with Crippen molar-refractivity contribution in [3.63, 3.8) is 0 Å². The van der Waals surface area contributed by atoms with Gasteiger partial charge in [0.2, 0.25) is 5.91 Å². The second kappa shape index (κ2) is 16.4. The molecule has 2 aromatic heterocycles. The fraction of sp³-hybridized carbons (Fsp3) is 0.425. The Morgan fingerprint density at radius 1 is 0.940 bits per heavy atom. The van der Waals surface area contributed by atoms with Crippen molar-refractivity contribution in [2.45, 2.75) is 84.6 Å². The van der Waals surface area contributed by atoms with Crippen LogP contribution in [0.15, 0.2) is 67.0 Å². The van der Waals surface area contributed by atoms with Gasteiger partial charge in [0.05, 0.1) is 17.4 Å². The topological polar surface area (TPSA) is 122 Å². The Bertz CT molecular complexity index is 1770. The van der Waals surface area contributed by atoms with Crippen LogP contribution in [0.25, 0.3) is 22.5 Å². The molecule has 1 aliphatic heterocycles. The first-order valence-electron chi connectivity index (χ1n) is 17.5. The summed E-state index contributed by atoms with van der Waals surface area (Å²) < 4.78 is 6.02. The van der Waals surface area contributed by atoms with Crippen molar-refractivity contribution in [1.82, 2.24) is 20.2 Å². The number of aryl methyl sites for hydroxylation is 1. The van der Waals surface area contributed by atoms with E-state index < -0.39 is 17.9 Å². The van der Waals surface area contributed by atoms with Crippen molar-refractivity contribution >= 4 is 29.1 Å². The monoisotopic (exact) mass is 696 g/mol. The molecule has 50 heavy (non-hydrogen) atoms. The van der Waals surface area contributed by atoms with Gasteiger partial charge in [0.15, 0.2) is 5.82 Å². The van der Waals surface area contributed by atoms with Crippen LogP contribution in [-0.2, 0) is 21.4 Å². The predicted octanol–water partition coefficient (Wildman–Crippen LogP) is 7.71. The Labute approximate surface area is 299 Å². The minimum Gasteiger partial charge on any atom is -0.493 e. The standard InChI is InChI=1S/C40H48N4O5S/c1-6-7-8-9-10-19-49-33-16-15-29(20-26(33)2)30-22-41-36(42-23-30)28-13-11-27(12-14-28)21-32(38(46)44-24-31(25-44)39(47)48)43-37(45)34-17-18-35(50-34)40(3,4)5/h11-18,20,22-23,31-32H,6-10,19,21,24-25H2,1-5H3,(H,43,45)(H,47,48). The van der Waals surface area contributed by atoms with Gasteiger partial charge in [-0.15, -0.1) is 11.3 Å². The van der Waals surface area contributed by atoms with Crippen LogP contribution in [0.1, 0.15) is 85.5 Å². The van der Waals surface area contributed by atoms with Gasteiger partial charge in [0, 0.05) is 47.9 Å². The molecule has 3 heterocycles. The molecule has 2 amide bonds. The molecule has 10 heteroatoms. The zero-order valence-corrected chi connectivity index (χ0v) is 30.5. The Morgan fingerprint density at radius 3 is 2.24 bits per heavy atom. The van der Waals surface area contributed by atoms with E-state index in [1.165, 1.54) is 41.9 Å². The Kier molecular flexibility index (Phi) is 12.1. The summed E-state index contributed by atoms with van der Waals surface area (Å²) in [6.07, 6.45) is 9.91. The van der Waals surface area contributed by atoms with Crippen molar-refractivity contribution in [3.05, 3.63) is 87.9 Å². The molecule has 1 aliphatic rings. The summed E-state index contributed by atoms with van der Waals surface area (Å²) in [4.78, 5) is 50.5. The number of unbranched alkanes of at least 4 members (excludes halogenated alkanes) is 4. The molecule has 0 aliphatic carbocycles. The molecule has 0 saturated carbocycles. The summed E-state index contributed by atoms with van der Waals surface area (Å²) >= 11 is 1.41. The van der Waals surface area contributed by atoms with Gasteiger partial charge >= 0.3 is 5.97 Å². The summed E-state index contributed by atoms with van der Waals surface area (Å²) in [6, 6.07) is 16.7. The molecule has 1 unspecified atom stereocenters. The van der Waals surface area contributed by atoms with Gasteiger partial charge in [0.25, 0.3) is 5.91 Å². The maximum Gasteiger partial charge on any atom is 0.310 e. The van der Waals surface area contributed by atoms with E-state index in [9.17, 15) is 19.5 Å². The normalized spacial score (nSPS) is 13.8. The number of aromatic nitrogens is 2. The number of thiophene rings is 1. The second-order valence-electron chi connectivity index (χ2n) is 14.2. The zero-order chi connectivity index (χ0) is 35.8. The quantitative estimate of drug-likeness (QED) is 0.122. The maximum absolute atomic E-state index is 13.5. The number of hydrogen-bond acceptors (Lipinski definition) is 7. The molecule has 1 fully saturated rings. The third-order valence-electron chi connectivity index (χ3n) is 9.03. The van der Waals surface area contributed by atoms with Gasteiger partial charge in [0.1, 0.15) is 11.8 Å². The molecule has 1 saturated heterocycles. The molecule has 5 rings (SSSR count). The van der Waals surface area contributed by atoms with E-state index >= 15 is 0 Å². The number of nitrogens with zero attached hydrogens (tertiary/aromatic N) is 3. The Hall–Kier alpha value is -4.57. The summed E-state index contributed by atoms with van der Waals surface area (Å²) in [5.74, 6) is -0.632. The van der Waals surface area contributed by atoms with E-state index in [2.05, 4.69) is 56.0 Å². The van der Waals surface area contributed by atoms with Crippen molar-refractivity contribution < 1.29 is 24.2 Å². The van der Waals surface area contributed by atoms with Crippen LogP contribution in [0.4, 0.5) is 0 Å². The SMILES string of the molecule is CCCCCCCOc1ccc(-c2cnc(-c3ccc(CC(NC(=O)c4ccc(C(C)(C)C)s4)C(=O)N4CC(C(=O)O)C4)cc3)nc2)cc1C. The number of aliphatic carboxylic acids is 1. The average Bonchev–Trinajstić information content (AvgIpc) is 3.58. The van der Waals surface area contributed by atoms with E-state index in [0.717, 1.165) is 51.5 Å². The molecular formula is C40H48N4O5S. The van der Waals surface area contributed by atoms with Crippen LogP contribution < -0.4 is 10.1 Å². The lowest BCUT2D eigenvalue weighted by Crippen LogP contribution is -2.59. The van der Waals surface area contributed by atoms with Gasteiger partial charge in [-0.05, 0) is 59.7 Å². The van der Waals surface area contributed by atoms with E-state index in [1.54, 1.807) is 6.07 Å². The number of amides is 2. The lowest BCUT2D eigenvalue weighted by atomic mass is 9.95. The third kappa shape index (κ3) is 9.35. The highest BCUT2D eigenvalue weighted by Crippen LogP contribution is 2.30. The number of carbonyl (C=O) groups excluding carboxylic acids is 2. The highest BCUT2D eigenvalue weighted by molar-refractivity contribution is 7.14. The smallest absolute Gasteiger partial charge is 0.310 e. The first kappa shape index (κ1) is 36.7. The highest BCUT2D eigenvalue weighted by atomic mass is 32.1. The average molecular weight is 697 g/mol. The van der Waals surface area contributed by atoms with Gasteiger partial charge < -0.3 is 20.1 Å². The molecule has 0 spiro atoms. The molecule has 0 bridgehead atoms. The van der Waals surface area contributed by atoms with Crippen LogP contribution in [0.3, 0.4) is 0 Å². The molecule has 1 atom stereocenters. The van der Waals surface area contributed by atoms with E-state index in [1.807, 2.05) is 54.9 Å². The Balaban J connectivity index is 1.23. The molecular weight excluding hydrogens is 649 g/mol. The van der Waals surface area contributed by atoms with Crippen molar-refractivity contribution in [2.75, 3.05) is 19.7 Å². The number of carboxylic acid groups (broad SMARTS) is 1. The number of carbonyl (C=O) groups is 3. The van der Waals surface area contributed by atoms with Gasteiger partial charge in [-0.1, -0.05) is 83.7 Å². The number of rotatable bonds is 15. The van der Waals surface area contributed by atoms with Crippen molar-refractivity contribution in [2.24, 2.45) is 5.92 Å². The fourth-order valence-electron chi connectivity index (χ4n) is 5.86. The Morgan fingerprint density at radius 2 is 1.62 bits per heavy atom. The molecule has 2 aromatic carbocycles. The maximum atomic E-state index is 13.5. The summed E-state index contributed by atoms with van der Waals surface area (Å²) in [7, 11) is 0. The minimum atomic E-state index is -0.921. The van der Waals surface area contributed by atoms with Crippen molar-refractivity contribution in [3.8, 4) is 28.3 Å².